The van der Waals surface area contributed by atoms with E-state index in [0.717, 1.165) is 37.2 Å². The summed E-state index contributed by atoms with van der Waals surface area (Å²) in [5.41, 5.74) is 2.29. The van der Waals surface area contributed by atoms with Gasteiger partial charge in [0.15, 0.2) is 0 Å². The zero-order chi connectivity index (χ0) is 21.1. The minimum Gasteiger partial charge on any atom is -0.338 e. The van der Waals surface area contributed by atoms with E-state index in [-0.39, 0.29) is 17.0 Å². The molecule has 2 aromatic rings. The van der Waals surface area contributed by atoms with Crippen LogP contribution in [0.3, 0.4) is 0 Å². The average Bonchev–Trinajstić information content (AvgIpc) is 2.78. The zero-order valence-electron chi connectivity index (χ0n) is 17.7. The van der Waals surface area contributed by atoms with E-state index in [1.165, 1.54) is 11.5 Å². The van der Waals surface area contributed by atoms with Crippen molar-refractivity contribution in [2.24, 2.45) is 0 Å². The van der Waals surface area contributed by atoms with Crippen LogP contribution in [-0.2, 0) is 6.54 Å². The van der Waals surface area contributed by atoms with Gasteiger partial charge >= 0.3 is 0 Å². The van der Waals surface area contributed by atoms with Gasteiger partial charge in [-0.25, -0.2) is 0 Å². The quantitative estimate of drug-likeness (QED) is 0.743. The Morgan fingerprint density at radius 2 is 1.83 bits per heavy atom. The summed E-state index contributed by atoms with van der Waals surface area (Å²) >= 11 is 2.02. The summed E-state index contributed by atoms with van der Waals surface area (Å²) in [6.07, 6.45) is 7.06. The van der Waals surface area contributed by atoms with Gasteiger partial charge in [0.2, 0.25) is 0 Å². The third-order valence-corrected chi connectivity index (χ3v) is 7.01. The minimum absolute atomic E-state index is 0.144. The highest BCUT2D eigenvalue weighted by atomic mass is 32.2. The normalized spacial score (nSPS) is 18.5. The first kappa shape index (κ1) is 21.1. The Kier molecular flexibility index (Phi) is 6.53. The molecule has 0 N–H and O–H groups in total. The fraction of sp³-hybridized carbons (Fsp3) is 0.545. The smallest absolute Gasteiger partial charge is 0.264 e. The van der Waals surface area contributed by atoms with Crippen LogP contribution in [-0.4, -0.2) is 74.0 Å². The van der Waals surface area contributed by atoms with Crippen molar-refractivity contribution in [3.8, 4) is 0 Å². The van der Waals surface area contributed by atoms with Crippen molar-refractivity contribution in [3.05, 3.63) is 57.5 Å². The van der Waals surface area contributed by atoms with E-state index in [2.05, 4.69) is 14.9 Å². The van der Waals surface area contributed by atoms with Crippen molar-refractivity contribution in [2.45, 2.75) is 39.3 Å². The van der Waals surface area contributed by atoms with E-state index in [1.807, 2.05) is 36.6 Å². The van der Waals surface area contributed by atoms with E-state index in [4.69, 9.17) is 0 Å². The van der Waals surface area contributed by atoms with Crippen molar-refractivity contribution in [1.29, 1.82) is 0 Å². The van der Waals surface area contributed by atoms with E-state index < -0.39 is 0 Å². The van der Waals surface area contributed by atoms with Crippen LogP contribution in [0.1, 0.15) is 40.2 Å². The molecule has 2 aliphatic heterocycles. The first-order valence-corrected chi connectivity index (χ1v) is 11.8. The molecule has 0 aromatic carbocycles. The Bertz CT molecular complexity index is 945. The summed E-state index contributed by atoms with van der Waals surface area (Å²) in [7, 11) is 0. The van der Waals surface area contributed by atoms with Crippen molar-refractivity contribution in [1.82, 2.24) is 24.3 Å². The van der Waals surface area contributed by atoms with Gasteiger partial charge in [0.25, 0.3) is 11.5 Å². The lowest BCUT2D eigenvalue weighted by Crippen LogP contribution is -2.49. The van der Waals surface area contributed by atoms with Crippen LogP contribution < -0.4 is 5.56 Å². The van der Waals surface area contributed by atoms with Gasteiger partial charge in [-0.15, -0.1) is 0 Å². The second-order valence-corrected chi connectivity index (χ2v) is 9.35. The number of nitrogens with zero attached hydrogens (tertiary/aromatic N) is 5. The van der Waals surface area contributed by atoms with E-state index in [0.29, 0.717) is 31.4 Å². The molecule has 160 valence electrons. The molecule has 0 unspecified atom stereocenters. The maximum absolute atomic E-state index is 13.2. The number of carbonyl (C=O) groups is 1. The third-order valence-electron chi connectivity index (χ3n) is 6.07. The lowest BCUT2D eigenvalue weighted by molar-refractivity contribution is 0.0628. The SMILES string of the molecule is Cc1cnc(Cn2ccc(C)c(C(=O)N3CCC(N4CCSCC4)CC3)c2=O)cn1. The Labute approximate surface area is 181 Å². The molecule has 0 saturated carbocycles. The summed E-state index contributed by atoms with van der Waals surface area (Å²) in [5, 5.41) is 0. The van der Waals surface area contributed by atoms with Crippen molar-refractivity contribution >= 4 is 17.7 Å². The molecule has 2 aliphatic rings. The lowest BCUT2D eigenvalue weighted by Gasteiger charge is -2.40. The van der Waals surface area contributed by atoms with E-state index in [9.17, 15) is 9.59 Å². The van der Waals surface area contributed by atoms with Crippen molar-refractivity contribution < 1.29 is 4.79 Å². The fourth-order valence-corrected chi connectivity index (χ4v) is 5.19. The average molecular weight is 428 g/mol. The second kappa shape index (κ2) is 9.31. The predicted octanol–water partition coefficient (Wildman–Crippen LogP) is 1.96. The molecule has 30 heavy (non-hydrogen) atoms. The molecule has 0 bridgehead atoms. The number of aromatic nitrogens is 3. The van der Waals surface area contributed by atoms with Gasteiger partial charge in [-0.1, -0.05) is 0 Å². The number of hydrogen-bond acceptors (Lipinski definition) is 6. The summed E-state index contributed by atoms with van der Waals surface area (Å²) in [5.74, 6) is 2.26. The summed E-state index contributed by atoms with van der Waals surface area (Å²) < 4.78 is 1.55. The zero-order valence-corrected chi connectivity index (χ0v) is 18.5. The molecular formula is C22H29N5O2S. The summed E-state index contributed by atoms with van der Waals surface area (Å²) in [6, 6.07) is 2.40. The van der Waals surface area contributed by atoms with Crippen LogP contribution in [0.4, 0.5) is 0 Å². The van der Waals surface area contributed by atoms with Crippen molar-refractivity contribution in [2.75, 3.05) is 37.7 Å². The first-order valence-electron chi connectivity index (χ1n) is 10.6. The molecule has 8 heteroatoms. The number of hydrogen-bond donors (Lipinski definition) is 0. The van der Waals surface area contributed by atoms with Gasteiger partial charge in [0, 0.05) is 56.1 Å². The molecule has 1 amide bonds. The highest BCUT2D eigenvalue weighted by Crippen LogP contribution is 2.21. The van der Waals surface area contributed by atoms with Gasteiger partial charge in [-0.05, 0) is 38.3 Å². The predicted molar refractivity (Wildman–Crippen MR) is 119 cm³/mol. The number of carbonyl (C=O) groups excluding carboxylic acids is 1. The summed E-state index contributed by atoms with van der Waals surface area (Å²) in [4.78, 5) is 39.4. The first-order chi connectivity index (χ1) is 14.5. The highest BCUT2D eigenvalue weighted by Gasteiger charge is 2.30. The van der Waals surface area contributed by atoms with Gasteiger partial charge in [-0.2, -0.15) is 11.8 Å². The Balaban J connectivity index is 1.47. The molecule has 0 aliphatic carbocycles. The molecule has 0 radical (unpaired) electrons. The number of pyridine rings is 1. The van der Waals surface area contributed by atoms with Crippen LogP contribution in [0, 0.1) is 13.8 Å². The third kappa shape index (κ3) is 4.59. The van der Waals surface area contributed by atoms with Crippen molar-refractivity contribution in [3.63, 3.8) is 0 Å². The minimum atomic E-state index is -0.252. The lowest BCUT2D eigenvalue weighted by atomic mass is 10.0. The molecule has 2 saturated heterocycles. The molecular weight excluding hydrogens is 398 g/mol. The largest absolute Gasteiger partial charge is 0.338 e. The molecule has 4 rings (SSSR count). The van der Waals surface area contributed by atoms with Gasteiger partial charge in [0.05, 0.1) is 24.1 Å². The molecule has 7 nitrogen and oxygen atoms in total. The number of rotatable bonds is 4. The van der Waals surface area contributed by atoms with Gasteiger partial charge in [0.1, 0.15) is 5.56 Å². The van der Waals surface area contributed by atoms with Crippen LogP contribution in [0.5, 0.6) is 0 Å². The Morgan fingerprint density at radius 1 is 1.10 bits per heavy atom. The monoisotopic (exact) mass is 427 g/mol. The van der Waals surface area contributed by atoms with E-state index in [1.54, 1.807) is 23.2 Å². The maximum Gasteiger partial charge on any atom is 0.264 e. The standard InChI is InChI=1S/C22H29N5O2S/c1-16-3-6-27(15-18-14-23-17(2)13-24-18)22(29)20(16)21(28)26-7-4-19(5-8-26)25-9-11-30-12-10-25/h3,6,13-14,19H,4-5,7-12,15H2,1-2H3. The molecule has 2 aromatic heterocycles. The van der Waals surface area contributed by atoms with Gasteiger partial charge < -0.3 is 9.47 Å². The number of likely N-dealkylation sites (tertiary alicyclic amines) is 1. The second-order valence-electron chi connectivity index (χ2n) is 8.13. The van der Waals surface area contributed by atoms with Crippen LogP contribution in [0.15, 0.2) is 29.5 Å². The topological polar surface area (TPSA) is 71.3 Å². The molecule has 2 fully saturated rings. The van der Waals surface area contributed by atoms with E-state index >= 15 is 0 Å². The highest BCUT2D eigenvalue weighted by molar-refractivity contribution is 7.99. The molecule has 0 atom stereocenters. The Morgan fingerprint density at radius 3 is 2.50 bits per heavy atom. The molecule has 4 heterocycles. The van der Waals surface area contributed by atoms with Gasteiger partial charge in [-0.3, -0.25) is 24.5 Å². The van der Waals surface area contributed by atoms with Crippen LogP contribution in [0.25, 0.3) is 0 Å². The maximum atomic E-state index is 13.2. The number of aryl methyl sites for hydroxylation is 2. The van der Waals surface area contributed by atoms with Crippen LogP contribution >= 0.6 is 11.8 Å². The summed E-state index contributed by atoms with van der Waals surface area (Å²) in [6.45, 7) is 7.74. The molecule has 0 spiro atoms. The Hall–Kier alpha value is -2.19. The fourth-order valence-electron chi connectivity index (χ4n) is 4.26. The number of amides is 1. The number of piperidine rings is 1. The number of thioether (sulfide) groups is 1. The van der Waals surface area contributed by atoms with Crippen LogP contribution in [0.2, 0.25) is 0 Å².